The number of aliphatic carboxylic acids is 1. The van der Waals surface area contributed by atoms with Crippen molar-refractivity contribution in [2.45, 2.75) is 50.5 Å². The minimum atomic E-state index is -1.11. The van der Waals surface area contributed by atoms with E-state index in [1.54, 1.807) is 0 Å². The van der Waals surface area contributed by atoms with Gasteiger partial charge in [-0.15, -0.1) is 0 Å². The van der Waals surface area contributed by atoms with Gasteiger partial charge in [0.2, 0.25) is 11.8 Å². The molecule has 1 atom stereocenters. The summed E-state index contributed by atoms with van der Waals surface area (Å²) < 4.78 is 9.88. The highest BCUT2D eigenvalue weighted by molar-refractivity contribution is 5.78. The molecule has 1 amide bonds. The Morgan fingerprint density at radius 2 is 2.18 bits per heavy atom. The number of methoxy groups -OCH3 is 1. The third kappa shape index (κ3) is 4.52. The third-order valence-electron chi connectivity index (χ3n) is 3.81. The number of nitrogens with one attached hydrogen (secondary N) is 1. The van der Waals surface area contributed by atoms with Crippen molar-refractivity contribution in [3.05, 3.63) is 11.7 Å². The highest BCUT2D eigenvalue weighted by Crippen LogP contribution is 2.32. The number of nitrogens with zero attached hydrogens (tertiary/aromatic N) is 2. The number of carbonyl (C=O) groups is 2. The van der Waals surface area contributed by atoms with Gasteiger partial charge < -0.3 is 19.7 Å². The highest BCUT2D eigenvalue weighted by atomic mass is 16.5. The van der Waals surface area contributed by atoms with Gasteiger partial charge >= 0.3 is 5.97 Å². The zero-order valence-corrected chi connectivity index (χ0v) is 12.6. The average molecular weight is 311 g/mol. The molecule has 1 aliphatic rings. The molecule has 0 saturated heterocycles. The molecule has 0 radical (unpaired) electrons. The Balaban J connectivity index is 1.73. The molecular formula is C14H21N3O5. The van der Waals surface area contributed by atoms with E-state index in [1.807, 2.05) is 0 Å². The topological polar surface area (TPSA) is 115 Å². The number of carbonyl (C=O) groups excluding carboxylic acids is 1. The van der Waals surface area contributed by atoms with Crippen LogP contribution in [0, 0.1) is 0 Å². The standard InChI is InChI=1S/C14H21N3O5/c1-21-10(14(19)20)8-15-11(18)6-7-12-16-13(17-22-12)9-4-2-3-5-9/h9-10H,2-8H2,1H3,(H,15,18)(H,19,20). The van der Waals surface area contributed by atoms with Crippen molar-refractivity contribution in [1.82, 2.24) is 15.5 Å². The molecule has 1 aromatic rings. The van der Waals surface area contributed by atoms with Gasteiger partial charge in [-0.1, -0.05) is 18.0 Å². The molecule has 0 bridgehead atoms. The smallest absolute Gasteiger partial charge is 0.334 e. The third-order valence-corrected chi connectivity index (χ3v) is 3.81. The second-order valence-corrected chi connectivity index (χ2v) is 5.39. The summed E-state index contributed by atoms with van der Waals surface area (Å²) in [7, 11) is 1.29. The molecule has 1 saturated carbocycles. The summed E-state index contributed by atoms with van der Waals surface area (Å²) in [5, 5.41) is 15.3. The quantitative estimate of drug-likeness (QED) is 0.732. The molecule has 0 aromatic carbocycles. The molecule has 1 unspecified atom stereocenters. The summed E-state index contributed by atoms with van der Waals surface area (Å²) in [6, 6.07) is 0. The van der Waals surface area contributed by atoms with Crippen molar-refractivity contribution in [3.63, 3.8) is 0 Å². The number of hydrogen-bond donors (Lipinski definition) is 2. The van der Waals surface area contributed by atoms with Crippen LogP contribution in [0.25, 0.3) is 0 Å². The Bertz CT molecular complexity index is 510. The first-order valence-electron chi connectivity index (χ1n) is 7.45. The van der Waals surface area contributed by atoms with E-state index in [4.69, 9.17) is 14.4 Å². The number of rotatable bonds is 8. The van der Waals surface area contributed by atoms with Gasteiger partial charge in [-0.05, 0) is 12.8 Å². The van der Waals surface area contributed by atoms with Gasteiger partial charge in [-0.25, -0.2) is 4.79 Å². The Labute approximate surface area is 128 Å². The zero-order valence-electron chi connectivity index (χ0n) is 12.6. The SMILES string of the molecule is COC(CNC(=O)CCc1nc(C2CCCC2)no1)C(=O)O. The summed E-state index contributed by atoms with van der Waals surface area (Å²) in [4.78, 5) is 26.7. The Hall–Kier alpha value is -1.96. The molecule has 8 nitrogen and oxygen atoms in total. The zero-order chi connectivity index (χ0) is 15.9. The monoisotopic (exact) mass is 311 g/mol. The normalized spacial score (nSPS) is 16.6. The van der Waals surface area contributed by atoms with E-state index >= 15 is 0 Å². The minimum Gasteiger partial charge on any atom is -0.479 e. The first-order chi connectivity index (χ1) is 10.6. The molecule has 0 spiro atoms. The maximum atomic E-state index is 11.7. The van der Waals surface area contributed by atoms with Crippen LogP contribution in [-0.2, 0) is 20.7 Å². The van der Waals surface area contributed by atoms with E-state index in [1.165, 1.54) is 20.0 Å². The van der Waals surface area contributed by atoms with E-state index in [2.05, 4.69) is 15.5 Å². The molecule has 122 valence electrons. The summed E-state index contributed by atoms with van der Waals surface area (Å²) in [5.74, 6) is 0.172. The van der Waals surface area contributed by atoms with E-state index in [0.29, 0.717) is 18.2 Å². The number of carboxylic acids is 1. The average Bonchev–Trinajstić information content (AvgIpc) is 3.16. The van der Waals surface area contributed by atoms with Crippen molar-refractivity contribution >= 4 is 11.9 Å². The van der Waals surface area contributed by atoms with Crippen LogP contribution in [0.15, 0.2) is 4.52 Å². The first kappa shape index (κ1) is 16.4. The predicted octanol–water partition coefficient (Wildman–Crippen LogP) is 0.876. The second-order valence-electron chi connectivity index (χ2n) is 5.39. The van der Waals surface area contributed by atoms with Gasteiger partial charge in [0.15, 0.2) is 11.9 Å². The number of amides is 1. The van der Waals surface area contributed by atoms with Crippen LogP contribution in [0.1, 0.15) is 49.7 Å². The van der Waals surface area contributed by atoms with Gasteiger partial charge in [0.05, 0.1) is 6.54 Å². The summed E-state index contributed by atoms with van der Waals surface area (Å²) >= 11 is 0. The summed E-state index contributed by atoms with van der Waals surface area (Å²) in [6.07, 6.45) is 4.04. The number of aryl methyl sites for hydroxylation is 1. The molecule has 8 heteroatoms. The molecule has 1 heterocycles. The summed E-state index contributed by atoms with van der Waals surface area (Å²) in [6.45, 7) is -0.0676. The molecule has 0 aliphatic heterocycles. The largest absolute Gasteiger partial charge is 0.479 e. The lowest BCUT2D eigenvalue weighted by molar-refractivity contribution is -0.148. The summed E-state index contributed by atoms with van der Waals surface area (Å²) in [5.41, 5.74) is 0. The van der Waals surface area contributed by atoms with Gasteiger partial charge in [0.1, 0.15) is 0 Å². The lowest BCUT2D eigenvalue weighted by Gasteiger charge is -2.10. The number of ether oxygens (including phenoxy) is 1. The molecule has 2 N–H and O–H groups in total. The van der Waals surface area contributed by atoms with Crippen LogP contribution in [0.3, 0.4) is 0 Å². The lowest BCUT2D eigenvalue weighted by Crippen LogP contribution is -2.37. The Morgan fingerprint density at radius 3 is 2.82 bits per heavy atom. The fraction of sp³-hybridized carbons (Fsp3) is 0.714. The van der Waals surface area contributed by atoms with Crippen LogP contribution in [-0.4, -0.2) is 46.9 Å². The van der Waals surface area contributed by atoms with E-state index < -0.39 is 12.1 Å². The van der Waals surface area contributed by atoms with Crippen molar-refractivity contribution < 1.29 is 24.0 Å². The number of carboxylic acid groups (broad SMARTS) is 1. The van der Waals surface area contributed by atoms with Gasteiger partial charge in [-0.3, -0.25) is 4.79 Å². The first-order valence-corrected chi connectivity index (χ1v) is 7.45. The Kier molecular flexibility index (Phi) is 5.88. The molecule has 1 aromatic heterocycles. The number of aromatic nitrogens is 2. The van der Waals surface area contributed by atoms with Gasteiger partial charge in [0, 0.05) is 25.9 Å². The van der Waals surface area contributed by atoms with Crippen LogP contribution >= 0.6 is 0 Å². The van der Waals surface area contributed by atoms with Crippen molar-refractivity contribution in [3.8, 4) is 0 Å². The predicted molar refractivity (Wildman–Crippen MR) is 75.3 cm³/mol. The number of hydrogen-bond acceptors (Lipinski definition) is 6. The fourth-order valence-electron chi connectivity index (χ4n) is 2.51. The van der Waals surface area contributed by atoms with Crippen LogP contribution in [0.2, 0.25) is 0 Å². The van der Waals surface area contributed by atoms with E-state index in [0.717, 1.165) is 18.7 Å². The second kappa shape index (κ2) is 7.88. The minimum absolute atomic E-state index is 0.0676. The fourth-order valence-corrected chi connectivity index (χ4v) is 2.51. The van der Waals surface area contributed by atoms with Crippen LogP contribution < -0.4 is 5.32 Å². The molecule has 2 rings (SSSR count). The molecule has 1 fully saturated rings. The van der Waals surface area contributed by atoms with E-state index in [-0.39, 0.29) is 18.9 Å². The van der Waals surface area contributed by atoms with Crippen molar-refractivity contribution in [2.24, 2.45) is 0 Å². The van der Waals surface area contributed by atoms with Crippen LogP contribution in [0.4, 0.5) is 0 Å². The highest BCUT2D eigenvalue weighted by Gasteiger charge is 2.22. The maximum Gasteiger partial charge on any atom is 0.334 e. The molecule has 1 aliphatic carbocycles. The van der Waals surface area contributed by atoms with Crippen molar-refractivity contribution in [1.29, 1.82) is 0 Å². The van der Waals surface area contributed by atoms with Crippen LogP contribution in [0.5, 0.6) is 0 Å². The molecular weight excluding hydrogens is 290 g/mol. The lowest BCUT2D eigenvalue weighted by atomic mass is 10.1. The van der Waals surface area contributed by atoms with Gasteiger partial charge in [0.25, 0.3) is 0 Å². The molecule has 22 heavy (non-hydrogen) atoms. The van der Waals surface area contributed by atoms with Crippen molar-refractivity contribution in [2.75, 3.05) is 13.7 Å². The van der Waals surface area contributed by atoms with E-state index in [9.17, 15) is 9.59 Å². The van der Waals surface area contributed by atoms with Gasteiger partial charge in [-0.2, -0.15) is 4.98 Å². The maximum absolute atomic E-state index is 11.7. The Morgan fingerprint density at radius 1 is 1.45 bits per heavy atom.